The Morgan fingerprint density at radius 3 is 2.30 bits per heavy atom. The van der Waals surface area contributed by atoms with E-state index in [1.165, 1.54) is 11.3 Å². The molecule has 0 atom stereocenters. The highest BCUT2D eigenvalue weighted by atomic mass is 16.5. The van der Waals surface area contributed by atoms with Crippen molar-refractivity contribution in [3.63, 3.8) is 0 Å². The van der Waals surface area contributed by atoms with Crippen LogP contribution in [-0.2, 0) is 25.2 Å². The Kier molecular flexibility index (Phi) is 8.51. The summed E-state index contributed by atoms with van der Waals surface area (Å²) in [6.07, 6.45) is 7.87. The molecule has 0 bridgehead atoms. The first-order chi connectivity index (χ1) is 20.5. The largest absolute Gasteiger partial charge is 0.506 e. The molecule has 5 rings (SSSR count). The van der Waals surface area contributed by atoms with Crippen molar-refractivity contribution in [2.75, 3.05) is 24.6 Å². The van der Waals surface area contributed by atoms with E-state index in [-0.39, 0.29) is 29.3 Å². The van der Waals surface area contributed by atoms with Crippen molar-refractivity contribution in [1.29, 1.82) is 0 Å². The Balaban J connectivity index is 1.50. The van der Waals surface area contributed by atoms with Gasteiger partial charge in [0.1, 0.15) is 12.3 Å². The number of benzene rings is 2. The van der Waals surface area contributed by atoms with Crippen LogP contribution in [0.1, 0.15) is 84.8 Å². The number of ether oxygens (including phenoxy) is 1. The number of Topliss-reactive ketones (excluding diaryl/α,β-unsaturated/α-hetero) is 1. The molecule has 0 spiro atoms. The van der Waals surface area contributed by atoms with Crippen LogP contribution < -0.4 is 4.90 Å². The van der Waals surface area contributed by atoms with Crippen molar-refractivity contribution < 1.29 is 24.0 Å². The lowest BCUT2D eigenvalue weighted by Crippen LogP contribution is -2.32. The Morgan fingerprint density at radius 2 is 1.60 bits per heavy atom. The van der Waals surface area contributed by atoms with Gasteiger partial charge in [0.25, 0.3) is 0 Å². The predicted molar refractivity (Wildman–Crippen MR) is 172 cm³/mol. The number of rotatable bonds is 11. The molecular weight excluding hydrogens is 536 g/mol. The first-order valence-electron chi connectivity index (χ1n) is 15.7. The minimum atomic E-state index is -0.420. The quantitative estimate of drug-likeness (QED) is 0.128. The number of esters is 1. The highest BCUT2D eigenvalue weighted by Gasteiger charge is 2.47. The summed E-state index contributed by atoms with van der Waals surface area (Å²) in [7, 11) is 0. The van der Waals surface area contributed by atoms with Gasteiger partial charge in [-0.05, 0) is 38.0 Å². The van der Waals surface area contributed by atoms with Gasteiger partial charge in [-0.2, -0.15) is 4.58 Å². The van der Waals surface area contributed by atoms with Crippen molar-refractivity contribution >= 4 is 28.8 Å². The molecule has 0 aromatic heterocycles. The van der Waals surface area contributed by atoms with Crippen molar-refractivity contribution in [3.8, 4) is 0 Å². The fourth-order valence-electron chi connectivity index (χ4n) is 6.59. The van der Waals surface area contributed by atoms with E-state index in [1.54, 1.807) is 0 Å². The van der Waals surface area contributed by atoms with Crippen LogP contribution in [0.3, 0.4) is 0 Å². The van der Waals surface area contributed by atoms with E-state index in [0.717, 1.165) is 54.9 Å². The van der Waals surface area contributed by atoms with Gasteiger partial charge >= 0.3 is 5.97 Å². The summed E-state index contributed by atoms with van der Waals surface area (Å²) < 4.78 is 7.72. The van der Waals surface area contributed by atoms with Gasteiger partial charge in [-0.15, -0.1) is 0 Å². The van der Waals surface area contributed by atoms with Crippen molar-refractivity contribution in [1.82, 2.24) is 0 Å². The average molecular weight is 582 g/mol. The molecule has 0 saturated carbocycles. The zero-order valence-electron chi connectivity index (χ0n) is 26.5. The summed E-state index contributed by atoms with van der Waals surface area (Å²) in [4.78, 5) is 28.3. The van der Waals surface area contributed by atoms with Crippen LogP contribution in [0.5, 0.6) is 0 Å². The van der Waals surface area contributed by atoms with E-state index in [4.69, 9.17) is 4.74 Å². The minimum absolute atomic E-state index is 0.0258. The first kappa shape index (κ1) is 30.5. The van der Waals surface area contributed by atoms with E-state index in [1.807, 2.05) is 30.4 Å². The van der Waals surface area contributed by atoms with Gasteiger partial charge in [-0.25, -0.2) is 0 Å². The maximum Gasteiger partial charge on any atom is 0.307 e. The van der Waals surface area contributed by atoms with Gasteiger partial charge in [-0.3, -0.25) is 9.59 Å². The van der Waals surface area contributed by atoms with Gasteiger partial charge < -0.3 is 14.7 Å². The second kappa shape index (κ2) is 12.0. The fraction of sp³-hybridized carbons (Fsp3) is 0.432. The molecule has 226 valence electrons. The lowest BCUT2D eigenvalue weighted by atomic mass is 9.77. The normalized spacial score (nSPS) is 20.1. The van der Waals surface area contributed by atoms with Crippen molar-refractivity contribution in [2.24, 2.45) is 0 Å². The number of carbonyl (C=O) groups is 2. The van der Waals surface area contributed by atoms with Crippen LogP contribution in [0, 0.1) is 0 Å². The average Bonchev–Trinajstić information content (AvgIpc) is 3.34. The van der Waals surface area contributed by atoms with Gasteiger partial charge in [-0.1, -0.05) is 76.9 Å². The maximum absolute atomic E-state index is 13.7. The van der Waals surface area contributed by atoms with E-state index < -0.39 is 5.41 Å². The molecule has 2 aromatic rings. The minimum Gasteiger partial charge on any atom is -0.506 e. The van der Waals surface area contributed by atoms with Crippen LogP contribution >= 0.6 is 0 Å². The van der Waals surface area contributed by atoms with Crippen molar-refractivity contribution in [3.05, 3.63) is 94.4 Å². The third kappa shape index (κ3) is 5.37. The first-order valence-corrected chi connectivity index (χ1v) is 15.7. The van der Waals surface area contributed by atoms with Crippen LogP contribution in [0.2, 0.25) is 0 Å². The van der Waals surface area contributed by atoms with E-state index >= 15 is 0 Å². The molecule has 0 radical (unpaired) electrons. The molecular formula is C37H45N2O4+. The molecule has 1 N–H and O–H groups in total. The lowest BCUT2D eigenvalue weighted by Gasteiger charge is -2.29. The van der Waals surface area contributed by atoms with Crippen LogP contribution in [0.15, 0.2) is 83.3 Å². The number of nitrogens with zero attached hydrogens (tertiary/aromatic N) is 2. The number of ketones is 1. The lowest BCUT2D eigenvalue weighted by molar-refractivity contribution is -0.438. The summed E-state index contributed by atoms with van der Waals surface area (Å²) in [5.74, 6) is -0.366. The number of fused-ring (bicyclic) bond motifs is 2. The van der Waals surface area contributed by atoms with Crippen LogP contribution in [-0.4, -0.2) is 46.8 Å². The molecule has 3 aliphatic rings. The Bertz CT molecular complexity index is 1570. The molecule has 2 aromatic carbocycles. The summed E-state index contributed by atoms with van der Waals surface area (Å²) in [6, 6.07) is 16.5. The Hall–Kier alpha value is -3.93. The SMILES string of the molecule is CCCCOC(=O)CCN1C(=CC2=C(O)C(=CC3=[N+](CCCC)c4ccccc4C3(C)C)C2=O)C(C)(C)c2ccccc21. The van der Waals surface area contributed by atoms with Gasteiger partial charge in [0.05, 0.1) is 29.6 Å². The summed E-state index contributed by atoms with van der Waals surface area (Å²) in [6.45, 7) is 14.6. The number of aliphatic hydroxyl groups is 1. The topological polar surface area (TPSA) is 69.8 Å². The molecule has 6 nitrogen and oxygen atoms in total. The van der Waals surface area contributed by atoms with Gasteiger partial charge in [0, 0.05) is 47.5 Å². The number of allylic oxidation sites excluding steroid dienone is 5. The molecule has 43 heavy (non-hydrogen) atoms. The summed E-state index contributed by atoms with van der Waals surface area (Å²) in [5.41, 5.74) is 6.38. The standard InChI is InChI=1S/C37H44N2O4/c1-7-9-20-38-29-17-13-11-15-27(29)36(3,4)31(38)23-25-34(41)26(35(25)42)24-32-37(5,6)28-16-12-14-18-30(28)39(32)21-19-33(40)43-22-10-8-2/h11-18,23-24H,7-10,19-22H2,1-6H3/p+1. The van der Waals surface area contributed by atoms with E-state index in [9.17, 15) is 14.7 Å². The van der Waals surface area contributed by atoms with Gasteiger partial charge in [0.15, 0.2) is 5.71 Å². The second-order valence-corrected chi connectivity index (χ2v) is 12.8. The van der Waals surface area contributed by atoms with Crippen molar-refractivity contribution in [2.45, 2.75) is 84.5 Å². The van der Waals surface area contributed by atoms with E-state index in [2.05, 4.69) is 81.3 Å². The third-order valence-electron chi connectivity index (χ3n) is 9.20. The zero-order chi connectivity index (χ0) is 30.9. The van der Waals surface area contributed by atoms with E-state index in [0.29, 0.717) is 24.3 Å². The maximum atomic E-state index is 13.7. The monoisotopic (exact) mass is 581 g/mol. The number of anilines is 1. The number of hydrogen-bond acceptors (Lipinski definition) is 5. The zero-order valence-corrected chi connectivity index (χ0v) is 26.5. The highest BCUT2D eigenvalue weighted by Crippen LogP contribution is 2.49. The van der Waals surface area contributed by atoms with Gasteiger partial charge in [0.2, 0.25) is 11.5 Å². The van der Waals surface area contributed by atoms with Crippen LogP contribution in [0.25, 0.3) is 0 Å². The molecule has 0 unspecified atom stereocenters. The highest BCUT2D eigenvalue weighted by molar-refractivity contribution is 6.24. The fourth-order valence-corrected chi connectivity index (χ4v) is 6.59. The second-order valence-electron chi connectivity index (χ2n) is 12.8. The molecule has 2 aliphatic heterocycles. The number of hydrogen-bond donors (Lipinski definition) is 1. The number of carbonyl (C=O) groups excluding carboxylic acids is 2. The molecule has 0 amide bonds. The smallest absolute Gasteiger partial charge is 0.307 e. The third-order valence-corrected chi connectivity index (χ3v) is 9.20. The number of unbranched alkanes of at least 4 members (excludes halogenated alkanes) is 2. The number of aliphatic hydroxyl groups excluding tert-OH is 1. The molecule has 2 heterocycles. The summed E-state index contributed by atoms with van der Waals surface area (Å²) in [5, 5.41) is 11.3. The molecule has 6 heteroatoms. The Labute approximate surface area is 256 Å². The van der Waals surface area contributed by atoms with Crippen LogP contribution in [0.4, 0.5) is 11.4 Å². The summed E-state index contributed by atoms with van der Waals surface area (Å²) >= 11 is 0. The predicted octanol–water partition coefficient (Wildman–Crippen LogP) is 7.60. The number of para-hydroxylation sites is 2. The molecule has 0 saturated heterocycles. The Morgan fingerprint density at radius 1 is 0.930 bits per heavy atom. The molecule has 1 aliphatic carbocycles. The molecule has 0 fully saturated rings.